The van der Waals surface area contributed by atoms with Crippen molar-refractivity contribution < 1.29 is 27.3 Å². The summed E-state index contributed by atoms with van der Waals surface area (Å²) in [6.07, 6.45) is -4.55. The van der Waals surface area contributed by atoms with Crippen LogP contribution in [0.1, 0.15) is 17.0 Å². The van der Waals surface area contributed by atoms with E-state index in [-0.39, 0.29) is 24.7 Å². The molecule has 174 valence electrons. The fourth-order valence-electron chi connectivity index (χ4n) is 3.34. The molecule has 0 spiro atoms. The molecule has 0 atom stereocenters. The summed E-state index contributed by atoms with van der Waals surface area (Å²) >= 11 is 0. The smallest absolute Gasteiger partial charge is 0.329 e. The second kappa shape index (κ2) is 9.88. The number of alkyl halides is 3. The van der Waals surface area contributed by atoms with Crippen molar-refractivity contribution in [2.45, 2.75) is 19.1 Å². The summed E-state index contributed by atoms with van der Waals surface area (Å²) in [6, 6.07) is 24.1. The molecule has 6 nitrogen and oxygen atoms in total. The normalized spacial score (nSPS) is 11.4. The molecule has 0 N–H and O–H groups in total. The molecule has 9 heteroatoms. The van der Waals surface area contributed by atoms with Gasteiger partial charge in [-0.15, -0.1) is 0 Å². The zero-order valence-electron chi connectivity index (χ0n) is 18.1. The van der Waals surface area contributed by atoms with E-state index in [2.05, 4.69) is 14.7 Å². The third-order valence-electron chi connectivity index (χ3n) is 5.12. The van der Waals surface area contributed by atoms with E-state index in [1.807, 2.05) is 54.6 Å². The molecule has 4 aromatic rings. The first-order valence-corrected chi connectivity index (χ1v) is 10.3. The molecule has 0 unspecified atom stereocenters. The van der Waals surface area contributed by atoms with Crippen LogP contribution in [0.5, 0.6) is 0 Å². The first-order valence-electron chi connectivity index (χ1n) is 10.3. The summed E-state index contributed by atoms with van der Waals surface area (Å²) < 4.78 is 42.2. The van der Waals surface area contributed by atoms with Gasteiger partial charge >= 0.3 is 12.1 Å². The van der Waals surface area contributed by atoms with Crippen LogP contribution in [0.25, 0.3) is 22.5 Å². The van der Waals surface area contributed by atoms with E-state index in [0.29, 0.717) is 5.56 Å². The summed E-state index contributed by atoms with van der Waals surface area (Å²) in [5.74, 6) is -1.80. The Bertz CT molecular complexity index is 1240. The summed E-state index contributed by atoms with van der Waals surface area (Å²) in [7, 11) is 1.41. The molecule has 0 fully saturated rings. The molecular weight excluding hydrogens is 447 g/mol. The molecule has 0 aliphatic carbocycles. The van der Waals surface area contributed by atoms with Gasteiger partial charge in [0.2, 0.25) is 5.82 Å². The second-order valence-electron chi connectivity index (χ2n) is 7.47. The number of carbonyl (C=O) groups excluding carboxylic acids is 1. The van der Waals surface area contributed by atoms with Crippen molar-refractivity contribution in [2.75, 3.05) is 7.11 Å². The van der Waals surface area contributed by atoms with Gasteiger partial charge in [-0.2, -0.15) is 18.2 Å². The highest BCUT2D eigenvalue weighted by molar-refractivity contribution is 5.78. The number of hydroxylamine groups is 2. The maximum absolute atomic E-state index is 12.8. The quantitative estimate of drug-likeness (QED) is 0.333. The van der Waals surface area contributed by atoms with Gasteiger partial charge in [0.1, 0.15) is 0 Å². The molecule has 0 saturated carbocycles. The average Bonchev–Trinajstić information content (AvgIpc) is 3.35. The third-order valence-corrected chi connectivity index (χ3v) is 5.12. The number of hydrogen-bond acceptors (Lipinski definition) is 5. The molecule has 0 aliphatic rings. The summed E-state index contributed by atoms with van der Waals surface area (Å²) in [6.45, 7) is 0.164. The van der Waals surface area contributed by atoms with E-state index < -0.39 is 12.1 Å². The van der Waals surface area contributed by atoms with Gasteiger partial charge < -0.3 is 4.52 Å². The van der Waals surface area contributed by atoms with Gasteiger partial charge in [0, 0.05) is 5.56 Å². The van der Waals surface area contributed by atoms with Crippen molar-refractivity contribution in [2.24, 2.45) is 0 Å². The van der Waals surface area contributed by atoms with Crippen LogP contribution in [-0.2, 0) is 28.8 Å². The van der Waals surface area contributed by atoms with Gasteiger partial charge in [0.25, 0.3) is 5.91 Å². The number of hydrogen-bond donors (Lipinski definition) is 0. The first-order chi connectivity index (χ1) is 16.3. The highest BCUT2D eigenvalue weighted by Gasteiger charge is 2.38. The number of amides is 1. The summed E-state index contributed by atoms with van der Waals surface area (Å²) in [5, 5.41) is 4.60. The molecular formula is C25H20F3N3O3. The molecule has 0 bridgehead atoms. The topological polar surface area (TPSA) is 68.5 Å². The Morgan fingerprint density at radius 2 is 1.47 bits per heavy atom. The van der Waals surface area contributed by atoms with Crippen LogP contribution in [0.2, 0.25) is 0 Å². The molecule has 0 radical (unpaired) electrons. The minimum Gasteiger partial charge on any atom is -0.329 e. The fraction of sp³-hybridized carbons (Fsp3) is 0.160. The predicted molar refractivity (Wildman–Crippen MR) is 118 cm³/mol. The van der Waals surface area contributed by atoms with E-state index in [1.54, 1.807) is 24.3 Å². The van der Waals surface area contributed by atoms with E-state index in [9.17, 15) is 18.0 Å². The van der Waals surface area contributed by atoms with E-state index in [4.69, 9.17) is 4.84 Å². The van der Waals surface area contributed by atoms with Crippen molar-refractivity contribution in [3.63, 3.8) is 0 Å². The van der Waals surface area contributed by atoms with Crippen LogP contribution in [0.4, 0.5) is 13.2 Å². The Morgan fingerprint density at radius 3 is 2.06 bits per heavy atom. The summed E-state index contributed by atoms with van der Waals surface area (Å²) in [5.41, 5.74) is 4.08. The molecule has 3 aromatic carbocycles. The van der Waals surface area contributed by atoms with Crippen LogP contribution >= 0.6 is 0 Å². The lowest BCUT2D eigenvalue weighted by atomic mass is 10.0. The molecule has 4 rings (SSSR count). The number of halogens is 3. The molecule has 0 aliphatic heterocycles. The van der Waals surface area contributed by atoms with Crippen LogP contribution < -0.4 is 0 Å². The van der Waals surface area contributed by atoms with Crippen LogP contribution in [0.15, 0.2) is 83.4 Å². The maximum atomic E-state index is 12.8. The van der Waals surface area contributed by atoms with Crippen LogP contribution in [-0.4, -0.2) is 28.2 Å². The first kappa shape index (κ1) is 23.2. The van der Waals surface area contributed by atoms with Crippen LogP contribution in [0, 0.1) is 0 Å². The number of carbonyl (C=O) groups is 1. The Hall–Kier alpha value is -3.98. The van der Waals surface area contributed by atoms with Gasteiger partial charge in [-0.05, 0) is 22.3 Å². The largest absolute Gasteiger partial charge is 0.471 e. The molecule has 34 heavy (non-hydrogen) atoms. The third kappa shape index (κ3) is 5.49. The molecule has 1 heterocycles. The number of benzene rings is 3. The maximum Gasteiger partial charge on any atom is 0.471 e. The van der Waals surface area contributed by atoms with Gasteiger partial charge in [0.05, 0.1) is 20.1 Å². The SMILES string of the molecule is CON(Cc1ccc(-c2noc(C(F)(F)F)n2)cc1)C(=O)Cc1ccc(-c2ccccc2)cc1. The Balaban J connectivity index is 1.39. The van der Waals surface area contributed by atoms with Crippen molar-refractivity contribution in [3.05, 3.63) is 95.9 Å². The standard InChI is InChI=1S/C25H20F3N3O3/c1-33-31(22(32)15-17-7-11-20(12-8-17)19-5-3-2-4-6-19)16-18-9-13-21(14-10-18)23-29-24(34-30-23)25(26,27)28/h2-14H,15-16H2,1H3. The Kier molecular flexibility index (Phi) is 6.74. The van der Waals surface area contributed by atoms with Crippen LogP contribution in [0.3, 0.4) is 0 Å². The van der Waals surface area contributed by atoms with Crippen molar-refractivity contribution in [3.8, 4) is 22.5 Å². The van der Waals surface area contributed by atoms with Gasteiger partial charge in [-0.3, -0.25) is 9.63 Å². The minimum atomic E-state index is -4.70. The van der Waals surface area contributed by atoms with E-state index >= 15 is 0 Å². The van der Waals surface area contributed by atoms with Gasteiger partial charge in [0.15, 0.2) is 0 Å². The Morgan fingerprint density at radius 1 is 0.882 bits per heavy atom. The number of aromatic nitrogens is 2. The highest BCUT2D eigenvalue weighted by atomic mass is 19.4. The molecule has 1 amide bonds. The lowest BCUT2D eigenvalue weighted by molar-refractivity contribution is -0.178. The highest BCUT2D eigenvalue weighted by Crippen LogP contribution is 2.29. The minimum absolute atomic E-state index is 0.157. The van der Waals surface area contributed by atoms with E-state index in [1.165, 1.54) is 12.2 Å². The van der Waals surface area contributed by atoms with E-state index in [0.717, 1.165) is 22.3 Å². The molecule has 1 aromatic heterocycles. The lowest BCUT2D eigenvalue weighted by Crippen LogP contribution is -2.30. The fourth-order valence-corrected chi connectivity index (χ4v) is 3.34. The lowest BCUT2D eigenvalue weighted by Gasteiger charge is -2.20. The van der Waals surface area contributed by atoms with Gasteiger partial charge in [-0.25, -0.2) is 5.06 Å². The predicted octanol–water partition coefficient (Wildman–Crippen LogP) is 5.56. The number of rotatable bonds is 7. The second-order valence-corrected chi connectivity index (χ2v) is 7.47. The molecule has 0 saturated heterocycles. The monoisotopic (exact) mass is 467 g/mol. The van der Waals surface area contributed by atoms with Crippen molar-refractivity contribution in [1.82, 2.24) is 15.2 Å². The summed E-state index contributed by atoms with van der Waals surface area (Å²) in [4.78, 5) is 21.4. The Labute approximate surface area is 193 Å². The van der Waals surface area contributed by atoms with Crippen molar-refractivity contribution >= 4 is 5.91 Å². The zero-order valence-corrected chi connectivity index (χ0v) is 18.1. The zero-order chi connectivity index (χ0) is 24.1. The van der Waals surface area contributed by atoms with Crippen molar-refractivity contribution in [1.29, 1.82) is 0 Å². The average molecular weight is 467 g/mol. The number of nitrogens with zero attached hydrogens (tertiary/aromatic N) is 3. The van der Waals surface area contributed by atoms with Gasteiger partial charge in [-0.1, -0.05) is 84.0 Å².